The van der Waals surface area contributed by atoms with Crippen LogP contribution in [0.1, 0.15) is 66.2 Å². The quantitative estimate of drug-likeness (QED) is 0.771. The number of rotatable bonds is 3. The lowest BCUT2D eigenvalue weighted by Gasteiger charge is -2.25. The zero-order valence-electron chi connectivity index (χ0n) is 18.4. The molecule has 0 spiro atoms. The van der Waals surface area contributed by atoms with E-state index in [9.17, 15) is 0 Å². The first-order valence-corrected chi connectivity index (χ1v) is 12.1. The van der Waals surface area contributed by atoms with Gasteiger partial charge in [0.1, 0.15) is 5.84 Å². The second-order valence-electron chi connectivity index (χ2n) is 9.08. The van der Waals surface area contributed by atoms with Gasteiger partial charge in [-0.2, -0.15) is 0 Å². The third-order valence-electron chi connectivity index (χ3n) is 7.08. The molecule has 2 aliphatic heterocycles. The highest BCUT2D eigenvalue weighted by Gasteiger charge is 2.25. The van der Waals surface area contributed by atoms with Gasteiger partial charge < -0.3 is 10.6 Å². The molecule has 2 aromatic carbocycles. The number of aliphatic imine (C=N–C) groups is 2. The average Bonchev–Trinajstić information content (AvgIpc) is 3.54. The van der Waals surface area contributed by atoms with Gasteiger partial charge in [-0.05, 0) is 66.7 Å². The molecule has 2 N–H and O–H groups in total. The van der Waals surface area contributed by atoms with Gasteiger partial charge >= 0.3 is 0 Å². The predicted octanol–water partition coefficient (Wildman–Crippen LogP) is 4.61. The Morgan fingerprint density at radius 2 is 1.42 bits per heavy atom. The van der Waals surface area contributed by atoms with E-state index in [1.165, 1.54) is 61.3 Å². The van der Waals surface area contributed by atoms with Crippen LogP contribution in [-0.4, -0.2) is 37.9 Å². The third-order valence-corrected chi connectivity index (χ3v) is 7.08. The second kappa shape index (κ2) is 9.67. The van der Waals surface area contributed by atoms with Crippen molar-refractivity contribution in [2.45, 2.75) is 56.8 Å². The molecule has 2 aromatic rings. The Kier molecular flexibility index (Phi) is 6.33. The fourth-order valence-corrected chi connectivity index (χ4v) is 5.57. The zero-order chi connectivity index (χ0) is 20.9. The minimum Gasteiger partial charge on any atom is -0.372 e. The number of hydrogen-bond donors (Lipinski definition) is 2. The molecule has 0 aromatic heterocycles. The summed E-state index contributed by atoms with van der Waals surface area (Å²) in [5.74, 6) is 3.68. The van der Waals surface area contributed by atoms with E-state index in [1.807, 2.05) is 0 Å². The maximum absolute atomic E-state index is 4.56. The molecule has 0 saturated heterocycles. The van der Waals surface area contributed by atoms with E-state index >= 15 is 0 Å². The van der Waals surface area contributed by atoms with Gasteiger partial charge in [-0.3, -0.25) is 9.98 Å². The Bertz CT molecular complexity index is 961. The Morgan fingerprint density at radius 3 is 2.16 bits per heavy atom. The van der Waals surface area contributed by atoms with Gasteiger partial charge in [0, 0.05) is 25.4 Å². The maximum atomic E-state index is 4.56. The Balaban J connectivity index is 0.000000132. The lowest BCUT2D eigenvalue weighted by Crippen LogP contribution is -2.28. The van der Waals surface area contributed by atoms with E-state index in [4.69, 9.17) is 0 Å². The van der Waals surface area contributed by atoms with Crippen LogP contribution >= 0.6 is 0 Å². The average molecular weight is 415 g/mol. The molecule has 2 aliphatic carbocycles. The lowest BCUT2D eigenvalue weighted by atomic mass is 9.81. The second-order valence-corrected chi connectivity index (χ2v) is 9.08. The van der Waals surface area contributed by atoms with Crippen LogP contribution < -0.4 is 10.6 Å². The topological polar surface area (TPSA) is 48.8 Å². The van der Waals surface area contributed by atoms with Gasteiger partial charge in [0.15, 0.2) is 0 Å². The molecular formula is C27H34N4. The fraction of sp³-hybridized carbons (Fsp3) is 0.481. The van der Waals surface area contributed by atoms with Crippen LogP contribution in [0.25, 0.3) is 0 Å². The smallest absolute Gasteiger partial charge is 0.104 e. The third kappa shape index (κ3) is 4.68. The normalized spacial score (nSPS) is 23.9. The summed E-state index contributed by atoms with van der Waals surface area (Å²) in [5.41, 5.74) is 6.13. The maximum Gasteiger partial charge on any atom is 0.104 e. The molecule has 0 amide bonds. The molecule has 31 heavy (non-hydrogen) atoms. The van der Waals surface area contributed by atoms with Crippen LogP contribution in [0.4, 0.5) is 0 Å². The highest BCUT2D eigenvalue weighted by Crippen LogP contribution is 2.34. The molecule has 4 heteroatoms. The molecule has 6 rings (SSSR count). The monoisotopic (exact) mass is 414 g/mol. The summed E-state index contributed by atoms with van der Waals surface area (Å²) < 4.78 is 0. The number of nitrogens with one attached hydrogen (secondary N) is 2. The zero-order valence-corrected chi connectivity index (χ0v) is 18.4. The SMILES string of the molecule is c1ccc2c(c1)CCCC2C1=NCCN1.c1ccc2c(c1)CCCC2CC1=NCCN1. The highest BCUT2D eigenvalue weighted by atomic mass is 15.1. The molecule has 162 valence electrons. The Hall–Kier alpha value is -2.62. The number of hydrogen-bond acceptors (Lipinski definition) is 4. The number of nitrogens with zero attached hydrogens (tertiary/aromatic N) is 2. The Labute approximate surface area is 186 Å². The van der Waals surface area contributed by atoms with Crippen LogP contribution in [0.15, 0.2) is 58.5 Å². The van der Waals surface area contributed by atoms with Crippen LogP contribution in [0.5, 0.6) is 0 Å². The van der Waals surface area contributed by atoms with Gasteiger partial charge in [-0.15, -0.1) is 0 Å². The van der Waals surface area contributed by atoms with Crippen molar-refractivity contribution in [3.05, 3.63) is 70.8 Å². The van der Waals surface area contributed by atoms with E-state index in [0.29, 0.717) is 11.8 Å². The Morgan fingerprint density at radius 1 is 0.742 bits per heavy atom. The van der Waals surface area contributed by atoms with Gasteiger partial charge in [0.25, 0.3) is 0 Å². The largest absolute Gasteiger partial charge is 0.372 e. The van der Waals surface area contributed by atoms with Crippen LogP contribution in [0.2, 0.25) is 0 Å². The lowest BCUT2D eigenvalue weighted by molar-refractivity contribution is 0.564. The number of fused-ring (bicyclic) bond motifs is 2. The van der Waals surface area contributed by atoms with Gasteiger partial charge in [0.2, 0.25) is 0 Å². The first-order valence-electron chi connectivity index (χ1n) is 12.1. The summed E-state index contributed by atoms with van der Waals surface area (Å²) >= 11 is 0. The molecule has 2 unspecified atom stereocenters. The summed E-state index contributed by atoms with van der Waals surface area (Å²) in [4.78, 5) is 9.07. The highest BCUT2D eigenvalue weighted by molar-refractivity contribution is 5.90. The van der Waals surface area contributed by atoms with Crippen molar-refractivity contribution in [1.82, 2.24) is 10.6 Å². The fourth-order valence-electron chi connectivity index (χ4n) is 5.57. The molecule has 0 bridgehead atoms. The molecule has 0 fully saturated rings. The number of amidine groups is 2. The van der Waals surface area contributed by atoms with Crippen LogP contribution in [0.3, 0.4) is 0 Å². The van der Waals surface area contributed by atoms with Crippen molar-refractivity contribution in [2.75, 3.05) is 26.2 Å². The van der Waals surface area contributed by atoms with Crippen molar-refractivity contribution in [2.24, 2.45) is 9.98 Å². The van der Waals surface area contributed by atoms with Gasteiger partial charge in [-0.25, -0.2) is 0 Å². The van der Waals surface area contributed by atoms with Crippen LogP contribution in [-0.2, 0) is 12.8 Å². The van der Waals surface area contributed by atoms with E-state index < -0.39 is 0 Å². The summed E-state index contributed by atoms with van der Waals surface area (Å²) in [5, 5.41) is 6.80. The molecule has 4 aliphatic rings. The minimum atomic E-state index is 0.539. The molecule has 2 atom stereocenters. The number of aryl methyl sites for hydroxylation is 2. The van der Waals surface area contributed by atoms with E-state index in [2.05, 4.69) is 69.1 Å². The molecule has 0 radical (unpaired) electrons. The van der Waals surface area contributed by atoms with Crippen molar-refractivity contribution in [3.8, 4) is 0 Å². The van der Waals surface area contributed by atoms with E-state index in [-0.39, 0.29) is 0 Å². The van der Waals surface area contributed by atoms with Crippen molar-refractivity contribution in [3.63, 3.8) is 0 Å². The molecule has 2 heterocycles. The summed E-state index contributed by atoms with van der Waals surface area (Å²) in [6.07, 6.45) is 8.79. The van der Waals surface area contributed by atoms with Gasteiger partial charge in [-0.1, -0.05) is 48.5 Å². The van der Waals surface area contributed by atoms with Crippen molar-refractivity contribution < 1.29 is 0 Å². The standard InChI is InChI=1S/C14H18N2.C13H16N2/c1-2-7-13-11(4-1)5-3-6-12(13)10-14-15-8-9-16-14;1-2-6-11-10(4-1)5-3-7-12(11)13-14-8-9-15-13/h1-2,4,7,12H,3,5-6,8-10H2,(H,15,16);1-2,4,6,12H,3,5,7-9H2,(H,14,15). The van der Waals surface area contributed by atoms with Gasteiger partial charge in [0.05, 0.1) is 18.9 Å². The van der Waals surface area contributed by atoms with Crippen LogP contribution in [0, 0.1) is 0 Å². The first kappa shape index (κ1) is 20.3. The molecular weight excluding hydrogens is 380 g/mol. The van der Waals surface area contributed by atoms with Crippen molar-refractivity contribution >= 4 is 11.7 Å². The summed E-state index contributed by atoms with van der Waals surface area (Å²) in [7, 11) is 0. The van der Waals surface area contributed by atoms with Crippen molar-refractivity contribution in [1.29, 1.82) is 0 Å². The minimum absolute atomic E-state index is 0.539. The predicted molar refractivity (Wildman–Crippen MR) is 129 cm³/mol. The molecule has 4 nitrogen and oxygen atoms in total. The van der Waals surface area contributed by atoms with E-state index in [1.54, 1.807) is 11.1 Å². The first-order chi connectivity index (χ1) is 15.4. The summed E-state index contributed by atoms with van der Waals surface area (Å²) in [6.45, 7) is 3.97. The number of benzene rings is 2. The molecule has 0 saturated carbocycles. The summed E-state index contributed by atoms with van der Waals surface area (Å²) in [6, 6.07) is 17.7. The van der Waals surface area contributed by atoms with E-state index in [0.717, 1.165) is 32.6 Å².